The highest BCUT2D eigenvalue weighted by Crippen LogP contribution is 2.46. The Balaban J connectivity index is 1.29. The number of thiophene rings is 2. The standard InChI is InChI=1S/C30H28N4S2/c1-16-12-24(17(2)35-16)29-23-8-4-6-20(28(23)32-15-33-29)19-10-11-21-25(13-19)31-14-34-30(21)27-18(3)36-26-9-5-7-22(26)27/h4,6,8,10-15,29-30H,5,7,9H2,1-3H3,(H,31,34)(H,32,33). The van der Waals surface area contributed by atoms with Crippen molar-refractivity contribution >= 4 is 46.7 Å². The van der Waals surface area contributed by atoms with Gasteiger partial charge in [-0.2, -0.15) is 0 Å². The first-order valence-corrected chi connectivity index (χ1v) is 14.2. The Morgan fingerprint density at radius 1 is 0.806 bits per heavy atom. The van der Waals surface area contributed by atoms with E-state index in [1.165, 1.54) is 67.3 Å². The molecule has 3 aliphatic rings. The molecule has 0 saturated carbocycles. The average Bonchev–Trinajstić information content (AvgIpc) is 3.56. The fourth-order valence-electron chi connectivity index (χ4n) is 6.13. The van der Waals surface area contributed by atoms with Crippen LogP contribution < -0.4 is 10.6 Å². The molecule has 0 fully saturated rings. The van der Waals surface area contributed by atoms with Crippen molar-refractivity contribution in [2.24, 2.45) is 9.98 Å². The molecule has 0 saturated heterocycles. The molecule has 1 aliphatic carbocycles. The first-order valence-electron chi connectivity index (χ1n) is 12.6. The van der Waals surface area contributed by atoms with Crippen molar-refractivity contribution < 1.29 is 0 Å². The third-order valence-corrected chi connectivity index (χ3v) is 9.93. The Morgan fingerprint density at radius 3 is 2.53 bits per heavy atom. The summed E-state index contributed by atoms with van der Waals surface area (Å²) < 4.78 is 0. The zero-order valence-corrected chi connectivity index (χ0v) is 22.3. The van der Waals surface area contributed by atoms with E-state index < -0.39 is 0 Å². The molecule has 36 heavy (non-hydrogen) atoms. The fraction of sp³-hybridized carbons (Fsp3) is 0.267. The van der Waals surface area contributed by atoms with Crippen molar-refractivity contribution in [1.29, 1.82) is 0 Å². The molecule has 2 atom stereocenters. The maximum Gasteiger partial charge on any atom is 0.105 e. The van der Waals surface area contributed by atoms with E-state index in [-0.39, 0.29) is 12.1 Å². The number of aliphatic imine (C=N–C) groups is 2. The normalized spacial score (nSPS) is 19.4. The quantitative estimate of drug-likeness (QED) is 0.295. The van der Waals surface area contributed by atoms with Crippen LogP contribution in [0.2, 0.25) is 0 Å². The van der Waals surface area contributed by atoms with Gasteiger partial charge in [-0.25, -0.2) is 0 Å². The molecule has 2 aromatic heterocycles. The number of benzene rings is 2. The molecule has 7 rings (SSSR count). The van der Waals surface area contributed by atoms with Crippen LogP contribution in [0.15, 0.2) is 52.4 Å². The van der Waals surface area contributed by atoms with Crippen LogP contribution in [0.3, 0.4) is 0 Å². The summed E-state index contributed by atoms with van der Waals surface area (Å²) in [4.78, 5) is 15.4. The molecule has 2 aliphatic heterocycles. The van der Waals surface area contributed by atoms with Crippen LogP contribution in [0.4, 0.5) is 11.4 Å². The summed E-state index contributed by atoms with van der Waals surface area (Å²) in [6.45, 7) is 6.64. The summed E-state index contributed by atoms with van der Waals surface area (Å²) >= 11 is 3.82. The van der Waals surface area contributed by atoms with Gasteiger partial charge in [-0.15, -0.1) is 22.7 Å². The summed E-state index contributed by atoms with van der Waals surface area (Å²) in [5, 5.41) is 6.91. The molecule has 2 N–H and O–H groups in total. The summed E-state index contributed by atoms with van der Waals surface area (Å²) in [7, 11) is 0. The van der Waals surface area contributed by atoms with Gasteiger partial charge < -0.3 is 10.6 Å². The number of hydrogen-bond acceptors (Lipinski definition) is 6. The van der Waals surface area contributed by atoms with E-state index in [9.17, 15) is 0 Å². The van der Waals surface area contributed by atoms with E-state index in [4.69, 9.17) is 9.98 Å². The summed E-state index contributed by atoms with van der Waals surface area (Å²) in [5.74, 6) is 0. The number of para-hydroxylation sites is 1. The lowest BCUT2D eigenvalue weighted by Gasteiger charge is -2.26. The second-order valence-electron chi connectivity index (χ2n) is 9.92. The highest BCUT2D eigenvalue weighted by molar-refractivity contribution is 7.12. The first kappa shape index (κ1) is 22.0. The lowest BCUT2D eigenvalue weighted by molar-refractivity contribution is 0.838. The van der Waals surface area contributed by atoms with Crippen molar-refractivity contribution in [2.75, 3.05) is 10.6 Å². The van der Waals surface area contributed by atoms with Crippen molar-refractivity contribution in [3.63, 3.8) is 0 Å². The molecule has 6 heteroatoms. The highest BCUT2D eigenvalue weighted by Gasteiger charge is 2.30. The number of rotatable bonds is 3. The van der Waals surface area contributed by atoms with Gasteiger partial charge in [0.1, 0.15) is 12.1 Å². The SMILES string of the molecule is Cc1cc(C2N=CNc3c(-c4ccc5c(c4)NC=NC5c4c(C)sc5c4CCC5)cccc32)c(C)s1. The van der Waals surface area contributed by atoms with Gasteiger partial charge in [0.15, 0.2) is 0 Å². The van der Waals surface area contributed by atoms with Crippen LogP contribution >= 0.6 is 22.7 Å². The van der Waals surface area contributed by atoms with Gasteiger partial charge in [0.05, 0.1) is 18.4 Å². The Kier molecular flexibility index (Phi) is 5.15. The van der Waals surface area contributed by atoms with Gasteiger partial charge in [-0.3, -0.25) is 9.98 Å². The Bertz CT molecular complexity index is 1570. The van der Waals surface area contributed by atoms with Gasteiger partial charge in [0.2, 0.25) is 0 Å². The van der Waals surface area contributed by atoms with Crippen LogP contribution in [0.5, 0.6) is 0 Å². The van der Waals surface area contributed by atoms with Gasteiger partial charge in [-0.1, -0.05) is 30.3 Å². The molecule has 2 aromatic carbocycles. The minimum Gasteiger partial charge on any atom is -0.346 e. The van der Waals surface area contributed by atoms with Gasteiger partial charge >= 0.3 is 0 Å². The fourth-order valence-corrected chi connectivity index (χ4v) is 8.38. The third kappa shape index (κ3) is 3.39. The van der Waals surface area contributed by atoms with E-state index in [1.807, 2.05) is 35.4 Å². The van der Waals surface area contributed by atoms with E-state index in [2.05, 4.69) is 73.9 Å². The van der Waals surface area contributed by atoms with E-state index >= 15 is 0 Å². The van der Waals surface area contributed by atoms with E-state index in [1.54, 1.807) is 10.4 Å². The molecule has 4 aromatic rings. The number of hydrogen-bond donors (Lipinski definition) is 2. The number of nitrogens with zero attached hydrogens (tertiary/aromatic N) is 2. The molecular formula is C30H28N4S2. The number of fused-ring (bicyclic) bond motifs is 3. The van der Waals surface area contributed by atoms with Crippen LogP contribution in [0.1, 0.15) is 65.8 Å². The number of aryl methyl sites for hydroxylation is 4. The van der Waals surface area contributed by atoms with Crippen LogP contribution in [0, 0.1) is 20.8 Å². The van der Waals surface area contributed by atoms with Gasteiger partial charge in [-0.05, 0) is 74.4 Å². The third-order valence-electron chi connectivity index (χ3n) is 7.72. The predicted molar refractivity (Wildman–Crippen MR) is 155 cm³/mol. The maximum absolute atomic E-state index is 4.92. The van der Waals surface area contributed by atoms with E-state index in [0.29, 0.717) is 0 Å². The minimum atomic E-state index is 0.0297. The lowest BCUT2D eigenvalue weighted by Crippen LogP contribution is -2.14. The summed E-state index contributed by atoms with van der Waals surface area (Å²) in [6, 6.07) is 15.8. The molecule has 0 radical (unpaired) electrons. The minimum absolute atomic E-state index is 0.0297. The Hall–Kier alpha value is -3.22. The Morgan fingerprint density at radius 2 is 1.67 bits per heavy atom. The van der Waals surface area contributed by atoms with Crippen LogP contribution in [-0.4, -0.2) is 12.7 Å². The zero-order chi connectivity index (χ0) is 24.4. The lowest BCUT2D eigenvalue weighted by atomic mass is 9.89. The first-order chi connectivity index (χ1) is 17.6. The average molecular weight is 509 g/mol. The van der Waals surface area contributed by atoms with Crippen LogP contribution in [0.25, 0.3) is 11.1 Å². The van der Waals surface area contributed by atoms with Crippen molar-refractivity contribution in [3.05, 3.63) is 89.8 Å². The number of nitrogens with one attached hydrogen (secondary N) is 2. The molecule has 2 unspecified atom stereocenters. The second kappa shape index (κ2) is 8.43. The molecule has 0 spiro atoms. The highest BCUT2D eigenvalue weighted by atomic mass is 32.1. The van der Waals surface area contributed by atoms with Crippen molar-refractivity contribution in [3.8, 4) is 11.1 Å². The molecule has 4 heterocycles. The smallest absolute Gasteiger partial charge is 0.105 e. The monoisotopic (exact) mass is 508 g/mol. The van der Waals surface area contributed by atoms with E-state index in [0.717, 1.165) is 11.4 Å². The number of anilines is 2. The molecule has 0 amide bonds. The molecule has 0 bridgehead atoms. The largest absolute Gasteiger partial charge is 0.346 e. The van der Waals surface area contributed by atoms with Gasteiger partial charge in [0.25, 0.3) is 0 Å². The summed E-state index contributed by atoms with van der Waals surface area (Å²) in [6.07, 6.45) is 7.44. The second-order valence-corrected chi connectivity index (χ2v) is 12.7. The molecular weight excluding hydrogens is 480 g/mol. The molecule has 4 nitrogen and oxygen atoms in total. The maximum atomic E-state index is 4.92. The zero-order valence-electron chi connectivity index (χ0n) is 20.7. The topological polar surface area (TPSA) is 48.8 Å². The van der Waals surface area contributed by atoms with Crippen molar-refractivity contribution in [2.45, 2.75) is 52.1 Å². The molecule has 180 valence electrons. The predicted octanol–water partition coefficient (Wildman–Crippen LogP) is 7.98. The van der Waals surface area contributed by atoms with Crippen LogP contribution in [-0.2, 0) is 12.8 Å². The Labute approximate surface area is 219 Å². The summed E-state index contributed by atoms with van der Waals surface area (Å²) in [5.41, 5.74) is 11.5. The van der Waals surface area contributed by atoms with Crippen molar-refractivity contribution in [1.82, 2.24) is 0 Å². The van der Waals surface area contributed by atoms with Gasteiger partial charge in [0, 0.05) is 41.9 Å².